The van der Waals surface area contributed by atoms with Crippen LogP contribution >= 0.6 is 0 Å². The number of likely N-dealkylation sites (tertiary alicyclic amines) is 1. The number of fused-ring (bicyclic) bond motifs is 1. The molecule has 3 atom stereocenters. The largest absolute Gasteiger partial charge is 0.444 e. The molecule has 0 aromatic carbocycles. The number of nitrogens with two attached hydrogens (primary N) is 1. The molecule has 1 heterocycles. The Hall–Kier alpha value is -0.770. The third-order valence-corrected chi connectivity index (χ3v) is 3.75. The SMILES string of the molecule is CC(C)(C)OC(=O)N1CC[C@H]2CC(N)C[C@H]2C1. The number of hydrogen-bond acceptors (Lipinski definition) is 3. The van der Waals surface area contributed by atoms with Crippen LogP contribution in [0.2, 0.25) is 0 Å². The lowest BCUT2D eigenvalue weighted by atomic mass is 9.89. The number of carbonyl (C=O) groups excluding carboxylic acids is 1. The Morgan fingerprint density at radius 1 is 1.29 bits per heavy atom. The summed E-state index contributed by atoms with van der Waals surface area (Å²) >= 11 is 0. The van der Waals surface area contributed by atoms with Crippen LogP contribution in [0.25, 0.3) is 0 Å². The summed E-state index contributed by atoms with van der Waals surface area (Å²) in [5, 5.41) is 0. The Morgan fingerprint density at radius 3 is 2.59 bits per heavy atom. The first-order valence-corrected chi connectivity index (χ1v) is 6.58. The lowest BCUT2D eigenvalue weighted by Gasteiger charge is -2.35. The van der Waals surface area contributed by atoms with Gasteiger partial charge in [-0.1, -0.05) is 0 Å². The highest BCUT2D eigenvalue weighted by atomic mass is 16.6. The maximum Gasteiger partial charge on any atom is 0.410 e. The number of amides is 1. The number of piperidine rings is 1. The zero-order valence-electron chi connectivity index (χ0n) is 11.1. The van der Waals surface area contributed by atoms with Crippen molar-refractivity contribution in [1.82, 2.24) is 4.90 Å². The molecule has 0 bridgehead atoms. The van der Waals surface area contributed by atoms with Gasteiger partial charge in [0.05, 0.1) is 0 Å². The summed E-state index contributed by atoms with van der Waals surface area (Å²) in [6, 6.07) is 0.337. The van der Waals surface area contributed by atoms with Gasteiger partial charge in [-0.2, -0.15) is 0 Å². The lowest BCUT2D eigenvalue weighted by molar-refractivity contribution is 0.0127. The van der Waals surface area contributed by atoms with Crippen LogP contribution in [0.5, 0.6) is 0 Å². The van der Waals surface area contributed by atoms with Gasteiger partial charge in [-0.15, -0.1) is 0 Å². The monoisotopic (exact) mass is 240 g/mol. The van der Waals surface area contributed by atoms with E-state index >= 15 is 0 Å². The van der Waals surface area contributed by atoms with E-state index < -0.39 is 5.60 Å². The maximum atomic E-state index is 12.0. The normalized spacial score (nSPS) is 33.4. The van der Waals surface area contributed by atoms with E-state index in [1.54, 1.807) is 0 Å². The van der Waals surface area contributed by atoms with Crippen molar-refractivity contribution in [2.45, 2.75) is 51.7 Å². The number of ether oxygens (including phenoxy) is 1. The molecule has 4 heteroatoms. The Bertz CT molecular complexity index is 298. The minimum atomic E-state index is -0.403. The van der Waals surface area contributed by atoms with Gasteiger partial charge in [-0.05, 0) is 51.9 Å². The smallest absolute Gasteiger partial charge is 0.410 e. The standard InChI is InChI=1S/C13H24N2O2/c1-13(2,3)17-12(16)15-5-4-9-6-11(14)7-10(9)8-15/h9-11H,4-8,14H2,1-3H3/t9-,10-,11?/m0/s1. The molecule has 17 heavy (non-hydrogen) atoms. The first-order valence-electron chi connectivity index (χ1n) is 6.58. The summed E-state index contributed by atoms with van der Waals surface area (Å²) in [5.41, 5.74) is 5.58. The molecule has 0 aromatic heterocycles. The Kier molecular flexibility index (Phi) is 3.34. The van der Waals surface area contributed by atoms with Crippen LogP contribution in [0.4, 0.5) is 4.79 Å². The quantitative estimate of drug-likeness (QED) is 0.704. The second-order valence-electron chi connectivity index (χ2n) is 6.47. The first kappa shape index (κ1) is 12.7. The van der Waals surface area contributed by atoms with E-state index in [0.29, 0.717) is 12.0 Å². The summed E-state index contributed by atoms with van der Waals surface area (Å²) in [6.45, 7) is 7.37. The molecule has 2 N–H and O–H groups in total. The molecule has 0 spiro atoms. The number of nitrogens with zero attached hydrogens (tertiary/aromatic N) is 1. The zero-order valence-corrected chi connectivity index (χ0v) is 11.1. The molecule has 2 fully saturated rings. The Balaban J connectivity index is 1.90. The average molecular weight is 240 g/mol. The van der Waals surface area contributed by atoms with Crippen molar-refractivity contribution in [2.24, 2.45) is 17.6 Å². The molecule has 2 rings (SSSR count). The van der Waals surface area contributed by atoms with E-state index in [2.05, 4.69) is 0 Å². The number of rotatable bonds is 0. The fraction of sp³-hybridized carbons (Fsp3) is 0.923. The van der Waals surface area contributed by atoms with Gasteiger partial charge in [0, 0.05) is 19.1 Å². The molecule has 4 nitrogen and oxygen atoms in total. The molecule has 1 aliphatic carbocycles. The molecule has 1 saturated carbocycles. The van der Waals surface area contributed by atoms with E-state index in [0.717, 1.165) is 38.3 Å². The second-order valence-corrected chi connectivity index (χ2v) is 6.47. The van der Waals surface area contributed by atoms with Crippen LogP contribution in [0, 0.1) is 11.8 Å². The first-order chi connectivity index (χ1) is 7.85. The van der Waals surface area contributed by atoms with Crippen LogP contribution in [0.15, 0.2) is 0 Å². The Morgan fingerprint density at radius 2 is 1.94 bits per heavy atom. The molecule has 1 aliphatic heterocycles. The minimum Gasteiger partial charge on any atom is -0.444 e. The summed E-state index contributed by atoms with van der Waals surface area (Å²) < 4.78 is 5.41. The van der Waals surface area contributed by atoms with Gasteiger partial charge in [0.15, 0.2) is 0 Å². The highest BCUT2D eigenvalue weighted by molar-refractivity contribution is 5.68. The van der Waals surface area contributed by atoms with Crippen LogP contribution in [-0.4, -0.2) is 35.7 Å². The van der Waals surface area contributed by atoms with Crippen LogP contribution in [0.1, 0.15) is 40.0 Å². The summed E-state index contributed by atoms with van der Waals surface area (Å²) in [6.07, 6.45) is 3.10. The van der Waals surface area contributed by atoms with Crippen molar-refractivity contribution < 1.29 is 9.53 Å². The number of hydrogen-bond donors (Lipinski definition) is 1. The van der Waals surface area contributed by atoms with Crippen molar-refractivity contribution in [1.29, 1.82) is 0 Å². The summed E-state index contributed by atoms with van der Waals surface area (Å²) in [4.78, 5) is 13.8. The predicted octanol–water partition coefficient (Wildman–Crippen LogP) is 1.98. The van der Waals surface area contributed by atoms with Gasteiger partial charge in [0.2, 0.25) is 0 Å². The zero-order chi connectivity index (χ0) is 12.6. The van der Waals surface area contributed by atoms with Gasteiger partial charge >= 0.3 is 6.09 Å². The van der Waals surface area contributed by atoms with Gasteiger partial charge in [0.25, 0.3) is 0 Å². The van der Waals surface area contributed by atoms with Crippen molar-refractivity contribution in [2.75, 3.05) is 13.1 Å². The van der Waals surface area contributed by atoms with Gasteiger partial charge in [0.1, 0.15) is 5.60 Å². The third kappa shape index (κ3) is 3.12. The predicted molar refractivity (Wildman–Crippen MR) is 66.6 cm³/mol. The molecular weight excluding hydrogens is 216 g/mol. The van der Waals surface area contributed by atoms with Crippen molar-refractivity contribution in [3.05, 3.63) is 0 Å². The topological polar surface area (TPSA) is 55.6 Å². The Labute approximate surface area is 103 Å². The number of carbonyl (C=O) groups is 1. The molecule has 0 radical (unpaired) electrons. The van der Waals surface area contributed by atoms with E-state index in [1.807, 2.05) is 25.7 Å². The van der Waals surface area contributed by atoms with Crippen LogP contribution in [0.3, 0.4) is 0 Å². The van der Waals surface area contributed by atoms with Gasteiger partial charge < -0.3 is 15.4 Å². The maximum absolute atomic E-state index is 12.0. The van der Waals surface area contributed by atoms with Crippen molar-refractivity contribution in [3.63, 3.8) is 0 Å². The molecule has 0 aromatic rings. The molecule has 1 unspecified atom stereocenters. The van der Waals surface area contributed by atoms with E-state index in [-0.39, 0.29) is 6.09 Å². The van der Waals surface area contributed by atoms with Crippen molar-refractivity contribution >= 4 is 6.09 Å². The van der Waals surface area contributed by atoms with Crippen LogP contribution < -0.4 is 5.73 Å². The fourth-order valence-electron chi connectivity index (χ4n) is 3.02. The van der Waals surface area contributed by atoms with Crippen LogP contribution in [-0.2, 0) is 4.74 Å². The summed E-state index contributed by atoms with van der Waals surface area (Å²) in [5.74, 6) is 1.31. The van der Waals surface area contributed by atoms with E-state index in [9.17, 15) is 4.79 Å². The summed E-state index contributed by atoms with van der Waals surface area (Å²) in [7, 11) is 0. The third-order valence-electron chi connectivity index (χ3n) is 3.75. The van der Waals surface area contributed by atoms with E-state index in [1.165, 1.54) is 0 Å². The van der Waals surface area contributed by atoms with E-state index in [4.69, 9.17) is 10.5 Å². The highest BCUT2D eigenvalue weighted by Gasteiger charge is 2.38. The highest BCUT2D eigenvalue weighted by Crippen LogP contribution is 2.37. The molecular formula is C13H24N2O2. The molecule has 98 valence electrons. The molecule has 1 amide bonds. The van der Waals surface area contributed by atoms with Crippen molar-refractivity contribution in [3.8, 4) is 0 Å². The second kappa shape index (κ2) is 4.48. The minimum absolute atomic E-state index is 0.170. The lowest BCUT2D eigenvalue weighted by Crippen LogP contribution is -2.44. The van der Waals surface area contributed by atoms with Gasteiger partial charge in [-0.3, -0.25) is 0 Å². The fourth-order valence-corrected chi connectivity index (χ4v) is 3.02. The van der Waals surface area contributed by atoms with Gasteiger partial charge in [-0.25, -0.2) is 4.79 Å². The average Bonchev–Trinajstić information content (AvgIpc) is 2.53. The molecule has 1 saturated heterocycles. The molecule has 2 aliphatic rings.